The average Bonchev–Trinajstić information content (AvgIpc) is 2.69. The number of aromatic hydroxyl groups is 1. The summed E-state index contributed by atoms with van der Waals surface area (Å²) in [6.45, 7) is 4.20. The highest BCUT2D eigenvalue weighted by Gasteiger charge is 2.16. The Morgan fingerprint density at radius 2 is 1.86 bits per heavy atom. The van der Waals surface area contributed by atoms with Crippen molar-refractivity contribution in [3.05, 3.63) is 57.6 Å². The molecule has 0 radical (unpaired) electrons. The molecular formula is C21H25Cl2NO5. The zero-order chi connectivity index (χ0) is 21.4. The molecule has 0 saturated carbocycles. The molecule has 158 valence electrons. The molecule has 2 aromatic rings. The van der Waals surface area contributed by atoms with Crippen molar-refractivity contribution in [2.75, 3.05) is 19.8 Å². The van der Waals surface area contributed by atoms with Crippen LogP contribution in [0.2, 0.25) is 10.0 Å². The van der Waals surface area contributed by atoms with Crippen molar-refractivity contribution in [2.24, 2.45) is 0 Å². The SMILES string of the molecule is CCOC(=O)COc1cc(Cl)c(CCN[C@@H](C)[C@H](O)c2ccc(O)cc2)cc1Cl. The fraction of sp³-hybridized carbons (Fsp3) is 0.381. The van der Waals surface area contributed by atoms with E-state index in [9.17, 15) is 15.0 Å². The van der Waals surface area contributed by atoms with E-state index in [-0.39, 0.29) is 25.0 Å². The minimum absolute atomic E-state index is 0.155. The molecule has 0 amide bonds. The van der Waals surface area contributed by atoms with Crippen molar-refractivity contribution in [2.45, 2.75) is 32.4 Å². The number of benzene rings is 2. The molecule has 0 aromatic heterocycles. The van der Waals surface area contributed by atoms with E-state index >= 15 is 0 Å². The number of carbonyl (C=O) groups excluding carboxylic acids is 1. The highest BCUT2D eigenvalue weighted by atomic mass is 35.5. The van der Waals surface area contributed by atoms with Crippen molar-refractivity contribution in [1.29, 1.82) is 0 Å². The van der Waals surface area contributed by atoms with E-state index < -0.39 is 12.1 Å². The van der Waals surface area contributed by atoms with Gasteiger partial charge in [0.2, 0.25) is 0 Å². The number of nitrogens with one attached hydrogen (secondary N) is 1. The third kappa shape index (κ3) is 7.08. The van der Waals surface area contributed by atoms with E-state index in [1.807, 2.05) is 6.92 Å². The number of rotatable bonds is 10. The second-order valence-corrected chi connectivity index (χ2v) is 7.31. The Morgan fingerprint density at radius 3 is 2.52 bits per heavy atom. The molecule has 0 fully saturated rings. The standard InChI is InChI=1S/C21H25Cl2NO5/c1-3-28-20(26)12-29-19-11-17(22)15(10-18(19)23)8-9-24-13(2)21(27)14-4-6-16(25)7-5-14/h4-7,10-11,13,21,24-25,27H,3,8-9,12H2,1-2H3/t13-,21-/m0/s1. The van der Waals surface area contributed by atoms with Crippen LogP contribution in [-0.4, -0.2) is 42.0 Å². The molecule has 0 heterocycles. The first kappa shape index (κ1) is 23.3. The summed E-state index contributed by atoms with van der Waals surface area (Å²) in [5.41, 5.74) is 1.53. The molecule has 0 aliphatic rings. The summed E-state index contributed by atoms with van der Waals surface area (Å²) in [6.07, 6.45) is -0.128. The summed E-state index contributed by atoms with van der Waals surface area (Å²) < 4.78 is 10.2. The van der Waals surface area contributed by atoms with Gasteiger partial charge in [-0.15, -0.1) is 0 Å². The topological polar surface area (TPSA) is 88.0 Å². The lowest BCUT2D eigenvalue weighted by Gasteiger charge is -2.21. The maximum atomic E-state index is 11.4. The predicted molar refractivity (Wildman–Crippen MR) is 113 cm³/mol. The molecule has 6 nitrogen and oxygen atoms in total. The number of aliphatic hydroxyl groups is 1. The highest BCUT2D eigenvalue weighted by molar-refractivity contribution is 6.34. The number of hydrogen-bond donors (Lipinski definition) is 3. The Labute approximate surface area is 180 Å². The van der Waals surface area contributed by atoms with Crippen LogP contribution in [0.4, 0.5) is 0 Å². The zero-order valence-corrected chi connectivity index (χ0v) is 17.8. The maximum Gasteiger partial charge on any atom is 0.344 e. The number of aliphatic hydroxyl groups excluding tert-OH is 1. The van der Waals surface area contributed by atoms with Crippen molar-refractivity contribution < 1.29 is 24.5 Å². The molecule has 0 aliphatic carbocycles. The van der Waals surface area contributed by atoms with Crippen molar-refractivity contribution in [3.8, 4) is 11.5 Å². The molecule has 0 spiro atoms. The van der Waals surface area contributed by atoms with Gasteiger partial charge in [-0.1, -0.05) is 35.3 Å². The Balaban J connectivity index is 1.89. The Morgan fingerprint density at radius 1 is 1.17 bits per heavy atom. The van der Waals surface area contributed by atoms with Crippen LogP contribution in [0.15, 0.2) is 36.4 Å². The van der Waals surface area contributed by atoms with Gasteiger partial charge in [-0.3, -0.25) is 0 Å². The fourth-order valence-corrected chi connectivity index (χ4v) is 3.21. The Hall–Kier alpha value is -1.99. The van der Waals surface area contributed by atoms with Crippen LogP contribution in [0, 0.1) is 0 Å². The van der Waals surface area contributed by atoms with Crippen LogP contribution >= 0.6 is 23.2 Å². The monoisotopic (exact) mass is 441 g/mol. The van der Waals surface area contributed by atoms with Gasteiger partial charge in [-0.2, -0.15) is 0 Å². The lowest BCUT2D eigenvalue weighted by molar-refractivity contribution is -0.145. The number of phenols is 1. The number of halogens is 2. The van der Waals surface area contributed by atoms with Crippen LogP contribution in [0.3, 0.4) is 0 Å². The van der Waals surface area contributed by atoms with Crippen molar-refractivity contribution in [3.63, 3.8) is 0 Å². The Bertz CT molecular complexity index is 813. The molecule has 29 heavy (non-hydrogen) atoms. The average molecular weight is 442 g/mol. The molecule has 8 heteroatoms. The van der Waals surface area contributed by atoms with Gasteiger partial charge in [-0.05, 0) is 56.1 Å². The van der Waals surface area contributed by atoms with Gasteiger partial charge in [-0.25, -0.2) is 4.79 Å². The van der Waals surface area contributed by atoms with E-state index in [0.717, 1.165) is 5.56 Å². The van der Waals surface area contributed by atoms with Crippen LogP contribution in [0.25, 0.3) is 0 Å². The molecule has 2 rings (SSSR count). The molecule has 0 aliphatic heterocycles. The lowest BCUT2D eigenvalue weighted by atomic mass is 10.0. The quantitative estimate of drug-likeness (QED) is 0.484. The molecule has 0 unspecified atom stereocenters. The molecular weight excluding hydrogens is 417 g/mol. The molecule has 2 aromatic carbocycles. The molecule has 0 bridgehead atoms. The van der Waals surface area contributed by atoms with Gasteiger partial charge in [0.25, 0.3) is 0 Å². The van der Waals surface area contributed by atoms with E-state index in [1.54, 1.807) is 43.3 Å². The summed E-state index contributed by atoms with van der Waals surface area (Å²) in [6, 6.07) is 9.52. The third-order valence-corrected chi connectivity index (χ3v) is 4.97. The van der Waals surface area contributed by atoms with Gasteiger partial charge >= 0.3 is 5.97 Å². The summed E-state index contributed by atoms with van der Waals surface area (Å²) in [5, 5.41) is 23.8. The second-order valence-electron chi connectivity index (χ2n) is 6.50. The van der Waals surface area contributed by atoms with Crippen molar-refractivity contribution in [1.82, 2.24) is 5.32 Å². The second kappa shape index (κ2) is 11.3. The van der Waals surface area contributed by atoms with Gasteiger partial charge in [0, 0.05) is 17.1 Å². The van der Waals surface area contributed by atoms with E-state index in [1.165, 1.54) is 0 Å². The first-order valence-corrected chi connectivity index (χ1v) is 10.0. The zero-order valence-electron chi connectivity index (χ0n) is 16.3. The normalized spacial score (nSPS) is 13.0. The molecule has 0 saturated heterocycles. The Kier molecular flexibility index (Phi) is 9.04. The summed E-state index contributed by atoms with van der Waals surface area (Å²) in [5.74, 6) is -0.00514. The van der Waals surface area contributed by atoms with Crippen LogP contribution in [0.5, 0.6) is 11.5 Å². The third-order valence-electron chi connectivity index (χ3n) is 4.32. The van der Waals surface area contributed by atoms with Crippen LogP contribution in [-0.2, 0) is 16.0 Å². The van der Waals surface area contributed by atoms with Crippen LogP contribution < -0.4 is 10.1 Å². The first-order chi connectivity index (χ1) is 13.8. The number of carbonyl (C=O) groups is 1. The predicted octanol–water partition coefficient (Wildman–Crippen LogP) is 3.90. The number of hydrogen-bond acceptors (Lipinski definition) is 6. The van der Waals surface area contributed by atoms with E-state index in [4.69, 9.17) is 32.7 Å². The number of esters is 1. The van der Waals surface area contributed by atoms with Gasteiger partial charge in [0.1, 0.15) is 11.5 Å². The number of phenolic OH excluding ortho intramolecular Hbond substituents is 1. The number of ether oxygens (including phenoxy) is 2. The summed E-state index contributed by atoms with van der Waals surface area (Å²) in [4.78, 5) is 11.4. The van der Waals surface area contributed by atoms with Gasteiger partial charge in [0.05, 0.1) is 17.7 Å². The fourth-order valence-electron chi connectivity index (χ4n) is 2.72. The summed E-state index contributed by atoms with van der Waals surface area (Å²) in [7, 11) is 0. The van der Waals surface area contributed by atoms with Crippen molar-refractivity contribution >= 4 is 29.2 Å². The maximum absolute atomic E-state index is 11.4. The van der Waals surface area contributed by atoms with E-state index in [0.29, 0.717) is 34.3 Å². The molecule has 3 N–H and O–H groups in total. The van der Waals surface area contributed by atoms with E-state index in [2.05, 4.69) is 5.32 Å². The lowest BCUT2D eigenvalue weighted by Crippen LogP contribution is -2.33. The minimum atomic E-state index is -0.715. The summed E-state index contributed by atoms with van der Waals surface area (Å²) >= 11 is 12.5. The van der Waals surface area contributed by atoms with Crippen LogP contribution in [0.1, 0.15) is 31.1 Å². The minimum Gasteiger partial charge on any atom is -0.508 e. The highest BCUT2D eigenvalue weighted by Crippen LogP contribution is 2.31. The van der Waals surface area contributed by atoms with Gasteiger partial charge in [0.15, 0.2) is 6.61 Å². The largest absolute Gasteiger partial charge is 0.508 e. The van der Waals surface area contributed by atoms with Gasteiger partial charge < -0.3 is 25.0 Å². The molecule has 2 atom stereocenters. The first-order valence-electron chi connectivity index (χ1n) is 9.28. The smallest absolute Gasteiger partial charge is 0.344 e.